The van der Waals surface area contributed by atoms with Gasteiger partial charge in [0.05, 0.1) is 0 Å². The fourth-order valence-electron chi connectivity index (χ4n) is 2.10. The number of benzene rings is 1. The van der Waals surface area contributed by atoms with Gasteiger partial charge < -0.3 is 0 Å². The van der Waals surface area contributed by atoms with Crippen molar-refractivity contribution in [2.24, 2.45) is 0 Å². The summed E-state index contributed by atoms with van der Waals surface area (Å²) in [6, 6.07) is 8.12. The summed E-state index contributed by atoms with van der Waals surface area (Å²) in [5, 5.41) is 12.0. The van der Waals surface area contributed by atoms with Crippen LogP contribution in [-0.2, 0) is 6.54 Å². The number of unbranched alkanes of at least 4 members (excludes halogenated alkanes) is 1. The molecule has 0 amide bonds. The zero-order chi connectivity index (χ0) is 13.8. The maximum Gasteiger partial charge on any atom is 0.158 e. The zero-order valence-electron chi connectivity index (χ0n) is 11.3. The van der Waals surface area contributed by atoms with Gasteiger partial charge in [-0.15, -0.1) is 10.2 Å². The van der Waals surface area contributed by atoms with E-state index in [1.807, 2.05) is 27.4 Å². The van der Waals surface area contributed by atoms with Crippen LogP contribution in [0.25, 0.3) is 17.1 Å². The highest BCUT2D eigenvalue weighted by Gasteiger charge is 2.08. The van der Waals surface area contributed by atoms with Gasteiger partial charge in [0.25, 0.3) is 0 Å². The second kappa shape index (κ2) is 5.64. The Kier molecular flexibility index (Phi) is 3.54. The van der Waals surface area contributed by atoms with E-state index in [0.717, 1.165) is 36.5 Å². The van der Waals surface area contributed by atoms with E-state index in [4.69, 9.17) is 0 Å². The molecule has 3 aromatic rings. The number of nitrogens with zero attached hydrogens (tertiary/aromatic N) is 6. The lowest BCUT2D eigenvalue weighted by Crippen LogP contribution is -2.03. The van der Waals surface area contributed by atoms with Gasteiger partial charge in [0.1, 0.15) is 19.0 Å². The number of hydrogen-bond donors (Lipinski definition) is 0. The first-order chi connectivity index (χ1) is 9.88. The Balaban J connectivity index is 1.95. The van der Waals surface area contributed by atoms with Crippen LogP contribution in [0.1, 0.15) is 19.8 Å². The standard InChI is InChI=1S/C14H16N6/c1-2-3-7-20-14(15-9-18-20)12-5-4-6-13(8-12)19-10-16-17-11-19/h4-6,8-11H,2-3,7H2,1H3. The molecule has 20 heavy (non-hydrogen) atoms. The van der Waals surface area contributed by atoms with Gasteiger partial charge in [-0.1, -0.05) is 25.5 Å². The molecule has 102 valence electrons. The van der Waals surface area contributed by atoms with Crippen molar-refractivity contribution >= 4 is 0 Å². The molecule has 0 N–H and O–H groups in total. The minimum Gasteiger partial charge on any atom is -0.288 e. The van der Waals surface area contributed by atoms with E-state index in [1.165, 1.54) is 0 Å². The van der Waals surface area contributed by atoms with Gasteiger partial charge in [-0.3, -0.25) is 4.57 Å². The Morgan fingerprint density at radius 2 is 2.00 bits per heavy atom. The molecule has 2 aromatic heterocycles. The molecule has 1 aromatic carbocycles. The predicted molar refractivity (Wildman–Crippen MR) is 75.3 cm³/mol. The first kappa shape index (κ1) is 12.5. The molecule has 2 heterocycles. The highest BCUT2D eigenvalue weighted by molar-refractivity contribution is 5.59. The molecule has 0 aliphatic carbocycles. The molecule has 0 fully saturated rings. The molecular weight excluding hydrogens is 252 g/mol. The molecule has 0 radical (unpaired) electrons. The molecule has 0 saturated carbocycles. The zero-order valence-corrected chi connectivity index (χ0v) is 11.3. The molecule has 6 nitrogen and oxygen atoms in total. The molecule has 0 spiro atoms. The third-order valence-electron chi connectivity index (χ3n) is 3.16. The number of aromatic nitrogens is 6. The second-order valence-corrected chi connectivity index (χ2v) is 4.58. The normalized spacial score (nSPS) is 10.8. The summed E-state index contributed by atoms with van der Waals surface area (Å²) in [4.78, 5) is 4.37. The first-order valence-corrected chi connectivity index (χ1v) is 6.71. The van der Waals surface area contributed by atoms with E-state index in [0.29, 0.717) is 0 Å². The summed E-state index contributed by atoms with van der Waals surface area (Å²) >= 11 is 0. The molecule has 3 rings (SSSR count). The lowest BCUT2D eigenvalue weighted by Gasteiger charge is -2.07. The highest BCUT2D eigenvalue weighted by Crippen LogP contribution is 2.20. The summed E-state index contributed by atoms with van der Waals surface area (Å²) in [7, 11) is 0. The van der Waals surface area contributed by atoms with Crippen LogP contribution in [0.15, 0.2) is 43.2 Å². The molecule has 0 saturated heterocycles. The van der Waals surface area contributed by atoms with Gasteiger partial charge in [-0.05, 0) is 18.6 Å². The van der Waals surface area contributed by atoms with Crippen molar-refractivity contribution in [3.8, 4) is 17.1 Å². The van der Waals surface area contributed by atoms with E-state index in [9.17, 15) is 0 Å². The topological polar surface area (TPSA) is 61.4 Å². The maximum absolute atomic E-state index is 4.37. The molecule has 0 bridgehead atoms. The summed E-state index contributed by atoms with van der Waals surface area (Å²) < 4.78 is 3.82. The predicted octanol–water partition coefficient (Wildman–Crippen LogP) is 2.33. The van der Waals surface area contributed by atoms with Crippen molar-refractivity contribution in [2.75, 3.05) is 0 Å². The summed E-state index contributed by atoms with van der Waals surface area (Å²) in [5.41, 5.74) is 2.06. The average molecular weight is 268 g/mol. The van der Waals surface area contributed by atoms with Crippen molar-refractivity contribution in [3.63, 3.8) is 0 Å². The van der Waals surface area contributed by atoms with Crippen molar-refractivity contribution in [2.45, 2.75) is 26.3 Å². The molecule has 0 aliphatic rings. The minimum absolute atomic E-state index is 0.892. The van der Waals surface area contributed by atoms with Gasteiger partial charge in [-0.25, -0.2) is 9.67 Å². The monoisotopic (exact) mass is 268 g/mol. The number of hydrogen-bond acceptors (Lipinski definition) is 4. The Morgan fingerprint density at radius 3 is 2.80 bits per heavy atom. The first-order valence-electron chi connectivity index (χ1n) is 6.71. The molecule has 6 heteroatoms. The van der Waals surface area contributed by atoms with Crippen molar-refractivity contribution in [1.29, 1.82) is 0 Å². The third kappa shape index (κ3) is 2.45. The SMILES string of the molecule is CCCCn1ncnc1-c1cccc(-n2cnnc2)c1. The smallest absolute Gasteiger partial charge is 0.158 e. The molecule has 0 atom stereocenters. The van der Waals surface area contributed by atoms with E-state index >= 15 is 0 Å². The van der Waals surface area contributed by atoms with Crippen LogP contribution in [0.4, 0.5) is 0 Å². The molecule has 0 aliphatic heterocycles. The van der Waals surface area contributed by atoms with E-state index in [2.05, 4.69) is 33.3 Å². The summed E-state index contributed by atoms with van der Waals surface area (Å²) in [6.07, 6.45) is 7.21. The van der Waals surface area contributed by atoms with Crippen LogP contribution in [0.5, 0.6) is 0 Å². The Morgan fingerprint density at radius 1 is 1.15 bits per heavy atom. The van der Waals surface area contributed by atoms with Crippen LogP contribution >= 0.6 is 0 Å². The van der Waals surface area contributed by atoms with Crippen LogP contribution < -0.4 is 0 Å². The maximum atomic E-state index is 4.37. The Labute approximate surface area is 117 Å². The van der Waals surface area contributed by atoms with Crippen LogP contribution in [0, 0.1) is 0 Å². The van der Waals surface area contributed by atoms with Gasteiger partial charge in [0.15, 0.2) is 5.82 Å². The fraction of sp³-hybridized carbons (Fsp3) is 0.286. The largest absolute Gasteiger partial charge is 0.288 e. The van der Waals surface area contributed by atoms with Gasteiger partial charge in [0, 0.05) is 17.8 Å². The Bertz CT molecular complexity index is 671. The lowest BCUT2D eigenvalue weighted by atomic mass is 10.2. The van der Waals surface area contributed by atoms with Crippen LogP contribution in [-0.4, -0.2) is 29.5 Å². The van der Waals surface area contributed by atoms with Crippen LogP contribution in [0.3, 0.4) is 0 Å². The van der Waals surface area contributed by atoms with Crippen LogP contribution in [0.2, 0.25) is 0 Å². The van der Waals surface area contributed by atoms with Gasteiger partial charge >= 0.3 is 0 Å². The van der Waals surface area contributed by atoms with Crippen molar-refractivity contribution < 1.29 is 0 Å². The quantitative estimate of drug-likeness (QED) is 0.712. The Hall–Kier alpha value is -2.50. The van der Waals surface area contributed by atoms with Gasteiger partial charge in [0.2, 0.25) is 0 Å². The van der Waals surface area contributed by atoms with Gasteiger partial charge in [-0.2, -0.15) is 5.10 Å². The van der Waals surface area contributed by atoms with E-state index in [-0.39, 0.29) is 0 Å². The second-order valence-electron chi connectivity index (χ2n) is 4.58. The summed E-state index contributed by atoms with van der Waals surface area (Å²) in [6.45, 7) is 3.06. The summed E-state index contributed by atoms with van der Waals surface area (Å²) in [5.74, 6) is 0.897. The number of aryl methyl sites for hydroxylation is 1. The third-order valence-corrected chi connectivity index (χ3v) is 3.16. The van der Waals surface area contributed by atoms with E-state index in [1.54, 1.807) is 19.0 Å². The van der Waals surface area contributed by atoms with E-state index < -0.39 is 0 Å². The molecular formula is C14H16N6. The minimum atomic E-state index is 0.892. The number of rotatable bonds is 5. The van der Waals surface area contributed by atoms with Crippen molar-refractivity contribution in [1.82, 2.24) is 29.5 Å². The average Bonchev–Trinajstić information content (AvgIpc) is 3.16. The van der Waals surface area contributed by atoms with Crippen molar-refractivity contribution in [3.05, 3.63) is 43.2 Å². The highest BCUT2D eigenvalue weighted by atomic mass is 15.3. The lowest BCUT2D eigenvalue weighted by molar-refractivity contribution is 0.576. The fourth-order valence-corrected chi connectivity index (χ4v) is 2.10. The molecule has 0 unspecified atom stereocenters.